The number of ether oxygens (including phenoxy) is 1. The summed E-state index contributed by atoms with van der Waals surface area (Å²) in [4.78, 5) is 26.3. The molecule has 1 aliphatic heterocycles. The molecule has 0 atom stereocenters. The van der Waals surface area contributed by atoms with Crippen LogP contribution in [0.15, 0.2) is 48.5 Å². The highest BCUT2D eigenvalue weighted by Crippen LogP contribution is 2.26. The normalized spacial score (nSPS) is 13.1. The second-order valence-electron chi connectivity index (χ2n) is 6.03. The fraction of sp³-hybridized carbons (Fsp3) is 0.263. The largest absolute Gasteiger partial charge is 0.434 e. The third kappa shape index (κ3) is 4.72. The number of nitrogens with zero attached hydrogens (tertiary/aromatic N) is 1. The van der Waals surface area contributed by atoms with Crippen molar-refractivity contribution in [2.75, 3.05) is 18.0 Å². The molecule has 0 aliphatic carbocycles. The summed E-state index contributed by atoms with van der Waals surface area (Å²) in [5, 5.41) is 0. The zero-order chi connectivity index (χ0) is 19.2. The molecule has 3 rings (SSSR count). The van der Waals surface area contributed by atoms with Gasteiger partial charge in [0.05, 0.1) is 12.1 Å². The number of aryl methyl sites for hydroxylation is 1. The van der Waals surface area contributed by atoms with Crippen LogP contribution in [-0.2, 0) is 11.2 Å². The van der Waals surface area contributed by atoms with Crippen LogP contribution in [-0.4, -0.2) is 31.5 Å². The number of benzene rings is 2. The van der Waals surface area contributed by atoms with Crippen molar-refractivity contribution in [1.29, 1.82) is 0 Å². The number of amides is 2. The van der Waals surface area contributed by atoms with Crippen LogP contribution < -0.4 is 20.5 Å². The summed E-state index contributed by atoms with van der Waals surface area (Å²) in [6.45, 7) is -2.23. The summed E-state index contributed by atoms with van der Waals surface area (Å²) in [7, 11) is 0. The highest BCUT2D eigenvalue weighted by atomic mass is 19.3. The standard InChI is InChI=1S/C19H19F2N3O3/c20-19(21)27-16-10-4-2-8-14(16)18(26)23-22-17(25)12-24-11-5-7-13-6-1-3-9-15(13)24/h1-4,6,8-10,19H,5,7,11-12H2,(H,22,25)(H,23,26). The van der Waals surface area contributed by atoms with Gasteiger partial charge in [-0.3, -0.25) is 20.4 Å². The molecule has 0 aromatic heterocycles. The van der Waals surface area contributed by atoms with Gasteiger partial charge < -0.3 is 9.64 Å². The van der Waals surface area contributed by atoms with Crippen LogP contribution in [0.1, 0.15) is 22.3 Å². The first kappa shape index (κ1) is 18.6. The minimum atomic E-state index is -3.05. The number of hydrogen-bond acceptors (Lipinski definition) is 4. The number of hydrogen-bond donors (Lipinski definition) is 2. The average Bonchev–Trinajstić information content (AvgIpc) is 2.66. The molecule has 1 aliphatic rings. The van der Waals surface area contributed by atoms with E-state index < -0.39 is 18.4 Å². The number of anilines is 1. The molecular formula is C19H19F2N3O3. The molecule has 0 spiro atoms. The van der Waals surface area contributed by atoms with Crippen LogP contribution in [0.2, 0.25) is 0 Å². The second kappa shape index (κ2) is 8.48. The SMILES string of the molecule is O=C(CN1CCCc2ccccc21)NNC(=O)c1ccccc1OC(F)F. The zero-order valence-electron chi connectivity index (χ0n) is 14.5. The Hall–Kier alpha value is -3.16. The number of para-hydroxylation sites is 2. The summed E-state index contributed by atoms with van der Waals surface area (Å²) in [6, 6.07) is 13.4. The van der Waals surface area contributed by atoms with Crippen molar-refractivity contribution in [1.82, 2.24) is 10.9 Å². The Labute approximate surface area is 155 Å². The summed E-state index contributed by atoms with van der Waals surface area (Å²) in [6.07, 6.45) is 1.90. The lowest BCUT2D eigenvalue weighted by Crippen LogP contribution is -2.47. The van der Waals surface area contributed by atoms with Gasteiger partial charge in [-0.25, -0.2) is 0 Å². The van der Waals surface area contributed by atoms with E-state index in [0.717, 1.165) is 25.1 Å². The zero-order valence-corrected chi connectivity index (χ0v) is 14.5. The molecule has 6 nitrogen and oxygen atoms in total. The van der Waals surface area contributed by atoms with E-state index in [4.69, 9.17) is 0 Å². The predicted octanol–water partition coefficient (Wildman–Crippen LogP) is 2.50. The predicted molar refractivity (Wildman–Crippen MR) is 95.7 cm³/mol. The van der Waals surface area contributed by atoms with Crippen molar-refractivity contribution in [3.8, 4) is 5.75 Å². The highest BCUT2D eigenvalue weighted by Gasteiger charge is 2.20. The monoisotopic (exact) mass is 375 g/mol. The molecule has 2 aromatic rings. The van der Waals surface area contributed by atoms with Crippen molar-refractivity contribution in [2.45, 2.75) is 19.5 Å². The van der Waals surface area contributed by atoms with Gasteiger partial charge in [-0.2, -0.15) is 8.78 Å². The molecule has 2 N–H and O–H groups in total. The van der Waals surface area contributed by atoms with Gasteiger partial charge in [0.2, 0.25) is 0 Å². The Morgan fingerprint density at radius 2 is 1.81 bits per heavy atom. The number of carbonyl (C=O) groups is 2. The first-order chi connectivity index (χ1) is 13.0. The minimum absolute atomic E-state index is 0.0759. The van der Waals surface area contributed by atoms with E-state index in [-0.39, 0.29) is 17.9 Å². The molecule has 0 unspecified atom stereocenters. The lowest BCUT2D eigenvalue weighted by molar-refractivity contribution is -0.120. The number of halogens is 2. The lowest BCUT2D eigenvalue weighted by atomic mass is 10.0. The molecule has 0 bridgehead atoms. The topological polar surface area (TPSA) is 70.7 Å². The third-order valence-corrected chi connectivity index (χ3v) is 4.20. The molecule has 0 saturated carbocycles. The number of carbonyl (C=O) groups excluding carboxylic acids is 2. The Bertz CT molecular complexity index is 829. The first-order valence-electron chi connectivity index (χ1n) is 8.50. The molecule has 0 fully saturated rings. The van der Waals surface area contributed by atoms with Crippen molar-refractivity contribution >= 4 is 17.5 Å². The molecule has 0 radical (unpaired) electrons. The Kier molecular flexibility index (Phi) is 5.85. The van der Waals surface area contributed by atoms with Gasteiger partial charge in [0.25, 0.3) is 11.8 Å². The molecular weight excluding hydrogens is 356 g/mol. The highest BCUT2D eigenvalue weighted by molar-refractivity contribution is 5.98. The minimum Gasteiger partial charge on any atom is -0.434 e. The van der Waals surface area contributed by atoms with Crippen LogP contribution in [0.3, 0.4) is 0 Å². The maximum Gasteiger partial charge on any atom is 0.387 e. The van der Waals surface area contributed by atoms with Gasteiger partial charge in [-0.1, -0.05) is 30.3 Å². The Morgan fingerprint density at radius 1 is 1.07 bits per heavy atom. The van der Waals surface area contributed by atoms with Crippen LogP contribution in [0, 0.1) is 0 Å². The fourth-order valence-corrected chi connectivity index (χ4v) is 3.04. The van der Waals surface area contributed by atoms with E-state index in [1.54, 1.807) is 0 Å². The number of alkyl halides is 2. The van der Waals surface area contributed by atoms with Gasteiger partial charge in [-0.05, 0) is 36.6 Å². The summed E-state index contributed by atoms with van der Waals surface area (Å²) >= 11 is 0. The summed E-state index contributed by atoms with van der Waals surface area (Å²) < 4.78 is 29.2. The fourth-order valence-electron chi connectivity index (χ4n) is 3.04. The maximum atomic E-state index is 12.4. The molecule has 2 amide bonds. The molecule has 1 heterocycles. The number of nitrogens with one attached hydrogen (secondary N) is 2. The van der Waals surface area contributed by atoms with Crippen molar-refractivity contribution in [3.63, 3.8) is 0 Å². The Balaban J connectivity index is 1.58. The quantitative estimate of drug-likeness (QED) is 0.788. The Morgan fingerprint density at radius 3 is 2.63 bits per heavy atom. The molecule has 0 saturated heterocycles. The van der Waals surface area contributed by atoms with Crippen LogP contribution in [0.5, 0.6) is 5.75 Å². The summed E-state index contributed by atoms with van der Waals surface area (Å²) in [5.41, 5.74) is 6.64. The van der Waals surface area contributed by atoms with Crippen LogP contribution >= 0.6 is 0 Å². The number of hydrazine groups is 1. The maximum absolute atomic E-state index is 12.4. The molecule has 8 heteroatoms. The van der Waals surface area contributed by atoms with E-state index in [2.05, 4.69) is 15.6 Å². The average molecular weight is 375 g/mol. The second-order valence-corrected chi connectivity index (χ2v) is 6.03. The van der Waals surface area contributed by atoms with E-state index in [9.17, 15) is 18.4 Å². The van der Waals surface area contributed by atoms with E-state index >= 15 is 0 Å². The number of rotatable bonds is 5. The van der Waals surface area contributed by atoms with Gasteiger partial charge in [0, 0.05) is 12.2 Å². The van der Waals surface area contributed by atoms with Gasteiger partial charge >= 0.3 is 6.61 Å². The lowest BCUT2D eigenvalue weighted by Gasteiger charge is -2.30. The molecule has 142 valence electrons. The van der Waals surface area contributed by atoms with E-state index in [1.165, 1.54) is 29.8 Å². The van der Waals surface area contributed by atoms with Crippen molar-refractivity contribution < 1.29 is 23.1 Å². The first-order valence-corrected chi connectivity index (χ1v) is 8.50. The van der Waals surface area contributed by atoms with Gasteiger partial charge in [0.15, 0.2) is 0 Å². The molecule has 2 aromatic carbocycles. The third-order valence-electron chi connectivity index (χ3n) is 4.20. The number of fused-ring (bicyclic) bond motifs is 1. The van der Waals surface area contributed by atoms with E-state index in [1.807, 2.05) is 29.2 Å². The molecule has 27 heavy (non-hydrogen) atoms. The van der Waals surface area contributed by atoms with Crippen LogP contribution in [0.4, 0.5) is 14.5 Å². The summed E-state index contributed by atoms with van der Waals surface area (Å²) in [5.74, 6) is -1.41. The van der Waals surface area contributed by atoms with Crippen molar-refractivity contribution in [3.05, 3.63) is 59.7 Å². The van der Waals surface area contributed by atoms with Crippen molar-refractivity contribution in [2.24, 2.45) is 0 Å². The van der Waals surface area contributed by atoms with Gasteiger partial charge in [-0.15, -0.1) is 0 Å². The van der Waals surface area contributed by atoms with Crippen LogP contribution in [0.25, 0.3) is 0 Å². The smallest absolute Gasteiger partial charge is 0.387 e. The van der Waals surface area contributed by atoms with Gasteiger partial charge in [0.1, 0.15) is 5.75 Å². The van der Waals surface area contributed by atoms with E-state index in [0.29, 0.717) is 0 Å².